The highest BCUT2D eigenvalue weighted by Crippen LogP contribution is 2.35. The van der Waals surface area contributed by atoms with Crippen LogP contribution in [-0.2, 0) is 17.8 Å². The molecule has 0 saturated heterocycles. The zero-order valence-corrected chi connectivity index (χ0v) is 15.9. The number of aromatic amines is 1. The van der Waals surface area contributed by atoms with Crippen molar-refractivity contribution in [2.75, 3.05) is 0 Å². The Balaban J connectivity index is 1.48. The molecular weight excluding hydrogens is 348 g/mol. The number of amides is 1. The number of hydrogen-bond donors (Lipinski definition) is 2. The van der Waals surface area contributed by atoms with E-state index >= 15 is 0 Å². The molecular formula is C20H23ClN4O. The third-order valence-corrected chi connectivity index (χ3v) is 5.39. The summed E-state index contributed by atoms with van der Waals surface area (Å²) in [5.74, 6) is 0.0621. The van der Waals surface area contributed by atoms with Gasteiger partial charge in [-0.2, -0.15) is 5.10 Å². The fraction of sp³-hybridized carbons (Fsp3) is 0.400. The molecule has 2 N–H and O–H groups in total. The van der Waals surface area contributed by atoms with E-state index in [1.54, 1.807) is 0 Å². The first-order valence-electron chi connectivity index (χ1n) is 9.11. The van der Waals surface area contributed by atoms with Gasteiger partial charge in [0.2, 0.25) is 5.91 Å². The van der Waals surface area contributed by atoms with Crippen molar-refractivity contribution in [2.45, 2.75) is 52.1 Å². The number of benzene rings is 1. The molecule has 2 aromatic heterocycles. The van der Waals surface area contributed by atoms with E-state index in [2.05, 4.69) is 15.4 Å². The van der Waals surface area contributed by atoms with Gasteiger partial charge in [-0.25, -0.2) is 0 Å². The Morgan fingerprint density at radius 1 is 1.38 bits per heavy atom. The van der Waals surface area contributed by atoms with Gasteiger partial charge in [0.05, 0.1) is 11.7 Å². The highest BCUT2D eigenvalue weighted by Gasteiger charge is 2.25. The fourth-order valence-corrected chi connectivity index (χ4v) is 4.13. The maximum absolute atomic E-state index is 12.5. The summed E-state index contributed by atoms with van der Waals surface area (Å²) >= 11 is 6.16. The summed E-state index contributed by atoms with van der Waals surface area (Å²) in [7, 11) is 0. The maximum Gasteiger partial charge on any atom is 0.222 e. The second-order valence-electron chi connectivity index (χ2n) is 7.12. The predicted molar refractivity (Wildman–Crippen MR) is 103 cm³/mol. The van der Waals surface area contributed by atoms with Crippen molar-refractivity contribution in [2.24, 2.45) is 0 Å². The molecule has 0 radical (unpaired) electrons. The molecule has 0 spiro atoms. The predicted octanol–water partition coefficient (Wildman–Crippen LogP) is 4.22. The van der Waals surface area contributed by atoms with E-state index in [-0.39, 0.29) is 11.9 Å². The van der Waals surface area contributed by atoms with Gasteiger partial charge in [-0.05, 0) is 62.9 Å². The monoisotopic (exact) mass is 370 g/mol. The molecule has 6 heteroatoms. The number of carbonyl (C=O) groups excluding carboxylic acids is 1. The van der Waals surface area contributed by atoms with Crippen LogP contribution < -0.4 is 5.32 Å². The topological polar surface area (TPSA) is 62.7 Å². The van der Waals surface area contributed by atoms with Crippen molar-refractivity contribution < 1.29 is 4.79 Å². The van der Waals surface area contributed by atoms with Crippen LogP contribution in [-0.4, -0.2) is 20.7 Å². The molecule has 2 heterocycles. The van der Waals surface area contributed by atoms with E-state index in [0.29, 0.717) is 13.0 Å². The summed E-state index contributed by atoms with van der Waals surface area (Å²) in [5, 5.41) is 9.54. The first-order chi connectivity index (χ1) is 12.5. The molecule has 1 atom stereocenters. The third-order valence-electron chi connectivity index (χ3n) is 5.16. The Labute approximate surface area is 157 Å². The lowest BCUT2D eigenvalue weighted by atomic mass is 9.91. The summed E-state index contributed by atoms with van der Waals surface area (Å²) < 4.78 is 1.89. The quantitative estimate of drug-likeness (QED) is 0.722. The average molecular weight is 371 g/mol. The highest BCUT2D eigenvalue weighted by molar-refractivity contribution is 6.31. The summed E-state index contributed by atoms with van der Waals surface area (Å²) in [6, 6.07) is 7.99. The van der Waals surface area contributed by atoms with Gasteiger partial charge < -0.3 is 10.3 Å². The summed E-state index contributed by atoms with van der Waals surface area (Å²) in [4.78, 5) is 16.0. The standard InChI is InChI=1S/C20H23ClN4O/c1-12-10-13(2)25(24-12)9-8-19(26)22-18-5-3-4-15-16-11-14(21)6-7-17(16)23-20(15)18/h6-7,10-11,18,23H,3-5,8-9H2,1-2H3,(H,22,26)/t18-/m1/s1. The number of carbonyl (C=O) groups is 1. The number of halogens is 1. The number of nitrogens with one attached hydrogen (secondary N) is 2. The van der Waals surface area contributed by atoms with Gasteiger partial charge in [0.25, 0.3) is 0 Å². The van der Waals surface area contributed by atoms with Crippen molar-refractivity contribution in [1.82, 2.24) is 20.1 Å². The number of rotatable bonds is 4. The van der Waals surface area contributed by atoms with Gasteiger partial charge in [0, 0.05) is 40.3 Å². The number of nitrogens with zero attached hydrogens (tertiary/aromatic N) is 2. The molecule has 1 aliphatic rings. The zero-order chi connectivity index (χ0) is 18.3. The summed E-state index contributed by atoms with van der Waals surface area (Å²) in [6.07, 6.45) is 3.47. The number of aromatic nitrogens is 3. The van der Waals surface area contributed by atoms with Crippen molar-refractivity contribution in [3.05, 3.63) is 51.9 Å². The molecule has 5 nitrogen and oxygen atoms in total. The van der Waals surface area contributed by atoms with Crippen LogP contribution >= 0.6 is 11.6 Å². The van der Waals surface area contributed by atoms with E-state index in [9.17, 15) is 4.79 Å². The van der Waals surface area contributed by atoms with E-state index in [0.717, 1.165) is 46.9 Å². The largest absolute Gasteiger partial charge is 0.356 e. The van der Waals surface area contributed by atoms with E-state index in [1.807, 2.05) is 42.8 Å². The Kier molecular flexibility index (Phi) is 4.49. The fourth-order valence-electron chi connectivity index (χ4n) is 3.95. The molecule has 4 rings (SSSR count). The SMILES string of the molecule is Cc1cc(C)n(CCC(=O)N[C@@H]2CCCc3c2[nH]c2ccc(Cl)cc32)n1. The van der Waals surface area contributed by atoms with Crippen molar-refractivity contribution in [3.8, 4) is 0 Å². The van der Waals surface area contributed by atoms with Crippen molar-refractivity contribution in [3.63, 3.8) is 0 Å². The average Bonchev–Trinajstić information content (AvgIpc) is 3.13. The molecule has 1 amide bonds. The molecule has 26 heavy (non-hydrogen) atoms. The lowest BCUT2D eigenvalue weighted by molar-refractivity contribution is -0.122. The highest BCUT2D eigenvalue weighted by atomic mass is 35.5. The number of H-pyrrole nitrogens is 1. The van der Waals surface area contributed by atoms with E-state index in [1.165, 1.54) is 10.9 Å². The van der Waals surface area contributed by atoms with Crippen LogP contribution in [0, 0.1) is 13.8 Å². The lowest BCUT2D eigenvalue weighted by Crippen LogP contribution is -2.31. The molecule has 136 valence electrons. The van der Waals surface area contributed by atoms with Gasteiger partial charge >= 0.3 is 0 Å². The second-order valence-corrected chi connectivity index (χ2v) is 7.56. The smallest absolute Gasteiger partial charge is 0.222 e. The first-order valence-corrected chi connectivity index (χ1v) is 9.49. The van der Waals surface area contributed by atoms with Crippen LogP contribution in [0.5, 0.6) is 0 Å². The van der Waals surface area contributed by atoms with Crippen LogP contribution in [0.4, 0.5) is 0 Å². The molecule has 0 bridgehead atoms. The van der Waals surface area contributed by atoms with Crippen LogP contribution in [0.2, 0.25) is 5.02 Å². The van der Waals surface area contributed by atoms with Gasteiger partial charge in [0.15, 0.2) is 0 Å². The molecule has 1 aromatic carbocycles. The zero-order valence-electron chi connectivity index (χ0n) is 15.1. The number of aryl methyl sites for hydroxylation is 4. The van der Waals surface area contributed by atoms with Gasteiger partial charge in [-0.15, -0.1) is 0 Å². The minimum absolute atomic E-state index is 0.0397. The third kappa shape index (κ3) is 3.23. The van der Waals surface area contributed by atoms with E-state index in [4.69, 9.17) is 11.6 Å². The summed E-state index contributed by atoms with van der Waals surface area (Å²) in [6.45, 7) is 4.59. The maximum atomic E-state index is 12.5. The molecule has 0 fully saturated rings. The minimum Gasteiger partial charge on any atom is -0.356 e. The van der Waals surface area contributed by atoms with Crippen molar-refractivity contribution >= 4 is 28.4 Å². The number of fused-ring (bicyclic) bond motifs is 3. The van der Waals surface area contributed by atoms with Crippen molar-refractivity contribution in [1.29, 1.82) is 0 Å². The lowest BCUT2D eigenvalue weighted by Gasteiger charge is -2.24. The first kappa shape index (κ1) is 17.2. The van der Waals surface area contributed by atoms with Gasteiger partial charge in [-0.3, -0.25) is 9.48 Å². The van der Waals surface area contributed by atoms with Crippen LogP contribution in [0.25, 0.3) is 10.9 Å². The van der Waals surface area contributed by atoms with Crippen LogP contribution in [0.1, 0.15) is 47.9 Å². The van der Waals surface area contributed by atoms with Gasteiger partial charge in [0.1, 0.15) is 0 Å². The Morgan fingerprint density at radius 3 is 3.00 bits per heavy atom. The summed E-state index contributed by atoms with van der Waals surface area (Å²) in [5.41, 5.74) is 5.58. The number of hydrogen-bond acceptors (Lipinski definition) is 2. The second kappa shape index (κ2) is 6.80. The molecule has 1 aliphatic carbocycles. The Morgan fingerprint density at radius 2 is 2.23 bits per heavy atom. The van der Waals surface area contributed by atoms with E-state index < -0.39 is 0 Å². The molecule has 0 unspecified atom stereocenters. The molecule has 0 saturated carbocycles. The minimum atomic E-state index is 0.0397. The van der Waals surface area contributed by atoms with Crippen LogP contribution in [0.15, 0.2) is 24.3 Å². The Hall–Kier alpha value is -2.27. The molecule has 3 aromatic rings. The van der Waals surface area contributed by atoms with Gasteiger partial charge in [-0.1, -0.05) is 11.6 Å². The Bertz CT molecular complexity index is 972. The van der Waals surface area contributed by atoms with Crippen LogP contribution in [0.3, 0.4) is 0 Å². The molecule has 0 aliphatic heterocycles. The normalized spacial score (nSPS) is 16.7.